The molecule has 1 saturated heterocycles. The van der Waals surface area contributed by atoms with Crippen molar-refractivity contribution in [1.82, 2.24) is 4.90 Å². The van der Waals surface area contributed by atoms with E-state index in [1.54, 1.807) is 7.11 Å². The zero-order valence-corrected chi connectivity index (χ0v) is 12.2. The van der Waals surface area contributed by atoms with Crippen molar-refractivity contribution in [2.24, 2.45) is 5.11 Å². The molecule has 7 heteroatoms. The maximum atomic E-state index is 9.76. The smallest absolute Gasteiger partial charge is 0.142 e. The van der Waals surface area contributed by atoms with Crippen LogP contribution in [0, 0.1) is 0 Å². The summed E-state index contributed by atoms with van der Waals surface area (Å²) in [4.78, 5) is 7.13. The number of para-hydroxylation sites is 2. The first-order valence-electron chi connectivity index (χ1n) is 7.04. The number of aliphatic hydroxyl groups is 1. The minimum absolute atomic E-state index is 0.128. The van der Waals surface area contributed by atoms with Gasteiger partial charge in [-0.3, -0.25) is 4.90 Å². The second-order valence-corrected chi connectivity index (χ2v) is 5.03. The fourth-order valence-electron chi connectivity index (χ4n) is 2.55. The zero-order valence-electron chi connectivity index (χ0n) is 12.2. The normalized spacial score (nSPS) is 17.1. The molecule has 0 aliphatic carbocycles. The van der Waals surface area contributed by atoms with Crippen molar-refractivity contribution in [2.75, 3.05) is 51.3 Å². The summed E-state index contributed by atoms with van der Waals surface area (Å²) in [5.41, 5.74) is 9.35. The van der Waals surface area contributed by atoms with E-state index in [1.807, 2.05) is 18.2 Å². The first-order chi connectivity index (χ1) is 10.2. The lowest BCUT2D eigenvalue weighted by Gasteiger charge is -2.37. The monoisotopic (exact) mass is 291 g/mol. The number of piperazine rings is 1. The van der Waals surface area contributed by atoms with Crippen molar-refractivity contribution < 1.29 is 9.84 Å². The number of nitrogens with zero attached hydrogens (tertiary/aromatic N) is 5. The van der Waals surface area contributed by atoms with E-state index in [-0.39, 0.29) is 6.54 Å². The number of benzene rings is 1. The van der Waals surface area contributed by atoms with Crippen molar-refractivity contribution in [3.8, 4) is 5.75 Å². The van der Waals surface area contributed by atoms with Gasteiger partial charge in [0.2, 0.25) is 0 Å². The molecule has 0 bridgehead atoms. The largest absolute Gasteiger partial charge is 0.495 e. The number of methoxy groups -OCH3 is 1. The number of hydrogen-bond acceptors (Lipinski definition) is 5. The number of ether oxygens (including phenoxy) is 1. The van der Waals surface area contributed by atoms with Gasteiger partial charge >= 0.3 is 0 Å². The van der Waals surface area contributed by atoms with Gasteiger partial charge in [0.25, 0.3) is 0 Å². The average molecular weight is 291 g/mol. The molecule has 0 spiro atoms. The van der Waals surface area contributed by atoms with Gasteiger partial charge in [-0.05, 0) is 17.7 Å². The zero-order chi connectivity index (χ0) is 15.1. The molecule has 1 atom stereocenters. The van der Waals surface area contributed by atoms with Gasteiger partial charge in [0, 0.05) is 37.6 Å². The second-order valence-electron chi connectivity index (χ2n) is 5.03. The molecule has 114 valence electrons. The summed E-state index contributed by atoms with van der Waals surface area (Å²) in [6.07, 6.45) is -0.598. The van der Waals surface area contributed by atoms with Crippen molar-refractivity contribution in [1.29, 1.82) is 0 Å². The molecule has 21 heavy (non-hydrogen) atoms. The van der Waals surface area contributed by atoms with Crippen LogP contribution < -0.4 is 9.64 Å². The molecule has 1 N–H and O–H groups in total. The Balaban J connectivity index is 1.87. The second kappa shape index (κ2) is 7.73. The van der Waals surface area contributed by atoms with Crippen LogP contribution in [0.2, 0.25) is 0 Å². The van der Waals surface area contributed by atoms with E-state index in [2.05, 4.69) is 25.9 Å². The molecule has 0 amide bonds. The molecule has 0 radical (unpaired) electrons. The molecule has 2 rings (SSSR count). The predicted octanol–water partition coefficient (Wildman–Crippen LogP) is 1.49. The molecule has 1 unspecified atom stereocenters. The first-order valence-corrected chi connectivity index (χ1v) is 7.04. The number of aliphatic hydroxyl groups excluding tert-OH is 1. The quantitative estimate of drug-likeness (QED) is 0.489. The van der Waals surface area contributed by atoms with E-state index in [4.69, 9.17) is 10.3 Å². The third-order valence-electron chi connectivity index (χ3n) is 3.62. The molecule has 1 fully saturated rings. The Kier molecular flexibility index (Phi) is 5.68. The molecule has 1 heterocycles. The van der Waals surface area contributed by atoms with Gasteiger partial charge in [-0.2, -0.15) is 0 Å². The van der Waals surface area contributed by atoms with E-state index in [1.165, 1.54) is 0 Å². The van der Waals surface area contributed by atoms with Gasteiger partial charge in [0.05, 0.1) is 25.4 Å². The summed E-state index contributed by atoms with van der Waals surface area (Å²) in [6, 6.07) is 7.99. The molecule has 0 aromatic heterocycles. The Morgan fingerprint density at radius 3 is 2.71 bits per heavy atom. The Morgan fingerprint density at radius 1 is 1.33 bits per heavy atom. The van der Waals surface area contributed by atoms with Gasteiger partial charge in [-0.1, -0.05) is 17.2 Å². The van der Waals surface area contributed by atoms with Gasteiger partial charge in [0.15, 0.2) is 0 Å². The molecule has 1 aromatic carbocycles. The maximum absolute atomic E-state index is 9.76. The van der Waals surface area contributed by atoms with Gasteiger partial charge in [0.1, 0.15) is 5.75 Å². The van der Waals surface area contributed by atoms with Crippen LogP contribution in [0.25, 0.3) is 10.4 Å². The van der Waals surface area contributed by atoms with Crippen LogP contribution in [-0.2, 0) is 0 Å². The van der Waals surface area contributed by atoms with Crippen LogP contribution in [0.15, 0.2) is 29.4 Å². The summed E-state index contributed by atoms with van der Waals surface area (Å²) in [5, 5.41) is 13.2. The Labute approximate surface area is 124 Å². The summed E-state index contributed by atoms with van der Waals surface area (Å²) < 4.78 is 5.39. The standard InChI is InChI=1S/C14H21N5O2/c1-21-14-5-3-2-4-13(14)19-8-6-18(7-9-19)11-12(20)10-16-17-15/h2-5,12,20H,6-11H2,1H3. The van der Waals surface area contributed by atoms with E-state index >= 15 is 0 Å². The first kappa shape index (κ1) is 15.4. The lowest BCUT2D eigenvalue weighted by atomic mass is 10.2. The summed E-state index contributed by atoms with van der Waals surface area (Å²) in [6.45, 7) is 4.17. The molecular weight excluding hydrogens is 270 g/mol. The number of azide groups is 1. The lowest BCUT2D eigenvalue weighted by Crippen LogP contribution is -2.49. The minimum Gasteiger partial charge on any atom is -0.495 e. The van der Waals surface area contributed by atoms with Crippen LogP contribution in [-0.4, -0.2) is 62.5 Å². The van der Waals surface area contributed by atoms with E-state index in [9.17, 15) is 5.11 Å². The maximum Gasteiger partial charge on any atom is 0.142 e. The minimum atomic E-state index is -0.598. The fraction of sp³-hybridized carbons (Fsp3) is 0.571. The highest BCUT2D eigenvalue weighted by Gasteiger charge is 2.20. The number of β-amino-alcohol motifs (C(OH)–C–C–N with tert-alkyl or cyclic N) is 1. The Hall–Kier alpha value is -1.95. The Bertz CT molecular complexity index is 496. The third kappa shape index (κ3) is 4.26. The van der Waals surface area contributed by atoms with Gasteiger partial charge in [-0.25, -0.2) is 0 Å². The lowest BCUT2D eigenvalue weighted by molar-refractivity contribution is 0.115. The molecular formula is C14H21N5O2. The van der Waals surface area contributed by atoms with Crippen LogP contribution >= 0.6 is 0 Å². The van der Waals surface area contributed by atoms with E-state index < -0.39 is 6.10 Å². The van der Waals surface area contributed by atoms with Crippen molar-refractivity contribution in [3.63, 3.8) is 0 Å². The Morgan fingerprint density at radius 2 is 2.05 bits per heavy atom. The number of anilines is 1. The van der Waals surface area contributed by atoms with Gasteiger partial charge < -0.3 is 14.7 Å². The third-order valence-corrected chi connectivity index (χ3v) is 3.62. The highest BCUT2D eigenvalue weighted by molar-refractivity contribution is 5.58. The average Bonchev–Trinajstić information content (AvgIpc) is 2.53. The summed E-state index contributed by atoms with van der Waals surface area (Å²) in [7, 11) is 1.68. The molecule has 1 aliphatic heterocycles. The SMILES string of the molecule is COc1ccccc1N1CCN(CC(O)CN=[N+]=[N-])CC1. The molecule has 1 aromatic rings. The molecule has 7 nitrogen and oxygen atoms in total. The molecule has 0 saturated carbocycles. The highest BCUT2D eigenvalue weighted by atomic mass is 16.5. The van der Waals surface area contributed by atoms with Crippen molar-refractivity contribution in [2.45, 2.75) is 6.10 Å². The van der Waals surface area contributed by atoms with E-state index in [0.717, 1.165) is 37.6 Å². The van der Waals surface area contributed by atoms with Gasteiger partial charge in [-0.15, -0.1) is 0 Å². The van der Waals surface area contributed by atoms with Crippen LogP contribution in [0.3, 0.4) is 0 Å². The van der Waals surface area contributed by atoms with Crippen molar-refractivity contribution >= 4 is 5.69 Å². The predicted molar refractivity (Wildman–Crippen MR) is 81.7 cm³/mol. The number of rotatable bonds is 6. The summed E-state index contributed by atoms with van der Waals surface area (Å²) in [5.74, 6) is 0.884. The fourth-order valence-corrected chi connectivity index (χ4v) is 2.55. The topological polar surface area (TPSA) is 84.7 Å². The highest BCUT2D eigenvalue weighted by Crippen LogP contribution is 2.28. The summed E-state index contributed by atoms with van der Waals surface area (Å²) >= 11 is 0. The number of hydrogen-bond donors (Lipinski definition) is 1. The van der Waals surface area contributed by atoms with Crippen LogP contribution in [0.4, 0.5) is 5.69 Å². The molecule has 1 aliphatic rings. The van der Waals surface area contributed by atoms with Crippen LogP contribution in [0.1, 0.15) is 0 Å². The van der Waals surface area contributed by atoms with Crippen molar-refractivity contribution in [3.05, 3.63) is 34.7 Å². The van der Waals surface area contributed by atoms with Crippen LogP contribution in [0.5, 0.6) is 5.75 Å². The van der Waals surface area contributed by atoms with E-state index in [0.29, 0.717) is 6.54 Å².